The molecule has 0 atom stereocenters. The Bertz CT molecular complexity index is 1340. The van der Waals surface area contributed by atoms with Gasteiger partial charge in [0.05, 0.1) is 29.3 Å². The molecular weight excluding hydrogens is 540 g/mol. The fourth-order valence-electron chi connectivity index (χ4n) is 3.68. The first-order chi connectivity index (χ1) is 16.8. The lowest BCUT2D eigenvalue weighted by Gasteiger charge is -2.33. The fraction of sp³-hybridized carbons (Fsp3) is 0.381. The molecule has 0 saturated carbocycles. The van der Waals surface area contributed by atoms with E-state index < -0.39 is 44.1 Å². The van der Waals surface area contributed by atoms with Crippen molar-refractivity contribution in [3.63, 3.8) is 0 Å². The Kier molecular flexibility index (Phi) is 8.90. The van der Waals surface area contributed by atoms with Gasteiger partial charge in [0.2, 0.25) is 20.0 Å². The Morgan fingerprint density at radius 2 is 1.72 bits per heavy atom. The zero-order valence-electron chi connectivity index (χ0n) is 19.3. The van der Waals surface area contributed by atoms with E-state index in [1.165, 1.54) is 22.5 Å². The molecule has 0 unspecified atom stereocenters. The van der Waals surface area contributed by atoms with Crippen LogP contribution in [0.2, 0.25) is 5.02 Å². The van der Waals surface area contributed by atoms with Crippen LogP contribution in [-0.2, 0) is 26.6 Å². The standard InChI is InChI=1S/C21H26ClF2N5O5S2/c1-35(31,32)28-8-6-27(7-9-28)10-11-36(33,34)29(17-4-5-19(23)18(22)13-17)14-16-3-2-15(12-20(16)24)21(30)26-25/h2-5,12-13H,6-11,14,25H2,1H3,(H,26,30). The van der Waals surface area contributed by atoms with Crippen molar-refractivity contribution in [1.82, 2.24) is 14.6 Å². The number of nitrogen functional groups attached to an aromatic ring is 1. The zero-order chi connectivity index (χ0) is 26.7. The maximum absolute atomic E-state index is 14.8. The Morgan fingerprint density at radius 3 is 2.28 bits per heavy atom. The smallest absolute Gasteiger partial charge is 0.265 e. The number of halogens is 3. The van der Waals surface area contributed by atoms with Crippen molar-refractivity contribution in [3.05, 3.63) is 64.2 Å². The summed E-state index contributed by atoms with van der Waals surface area (Å²) in [7, 11) is -7.41. The van der Waals surface area contributed by atoms with E-state index in [4.69, 9.17) is 17.4 Å². The molecule has 3 rings (SSSR count). The second-order valence-corrected chi connectivity index (χ2v) is 12.6. The third-order valence-corrected chi connectivity index (χ3v) is 9.06. The molecule has 15 heteroatoms. The van der Waals surface area contributed by atoms with Crippen molar-refractivity contribution >= 4 is 43.2 Å². The minimum atomic E-state index is -4.08. The average Bonchev–Trinajstić information content (AvgIpc) is 2.83. The Labute approximate surface area is 213 Å². The largest absolute Gasteiger partial charge is 0.300 e. The van der Waals surface area contributed by atoms with Gasteiger partial charge >= 0.3 is 0 Å². The number of nitrogens with one attached hydrogen (secondary N) is 1. The third-order valence-electron chi connectivity index (χ3n) is 5.75. The number of anilines is 1. The summed E-state index contributed by atoms with van der Waals surface area (Å²) in [5.41, 5.74) is 1.84. The number of amides is 1. The number of carbonyl (C=O) groups excluding carboxylic acids is 1. The van der Waals surface area contributed by atoms with Gasteiger partial charge in [-0.2, -0.15) is 4.31 Å². The van der Waals surface area contributed by atoms with Gasteiger partial charge in [-0.25, -0.2) is 31.5 Å². The van der Waals surface area contributed by atoms with E-state index in [1.54, 1.807) is 0 Å². The molecule has 1 saturated heterocycles. The molecule has 1 heterocycles. The van der Waals surface area contributed by atoms with Gasteiger partial charge in [-0.1, -0.05) is 17.7 Å². The molecular formula is C21H26ClF2N5O5S2. The first-order valence-electron chi connectivity index (χ1n) is 10.7. The number of hydrogen-bond acceptors (Lipinski definition) is 7. The first kappa shape index (κ1) is 28.2. The molecule has 1 aliphatic rings. The van der Waals surface area contributed by atoms with E-state index in [0.29, 0.717) is 13.1 Å². The summed E-state index contributed by atoms with van der Waals surface area (Å²) in [5, 5.41) is -0.306. The van der Waals surface area contributed by atoms with Crippen LogP contribution in [0.25, 0.3) is 0 Å². The van der Waals surface area contributed by atoms with Crippen LogP contribution in [-0.4, -0.2) is 76.7 Å². The summed E-state index contributed by atoms with van der Waals surface area (Å²) in [4.78, 5) is 13.5. The molecule has 2 aromatic rings. The number of nitrogens with zero attached hydrogens (tertiary/aromatic N) is 3. The highest BCUT2D eigenvalue weighted by atomic mass is 35.5. The molecule has 1 fully saturated rings. The molecule has 1 aliphatic heterocycles. The monoisotopic (exact) mass is 565 g/mol. The number of benzene rings is 2. The number of rotatable bonds is 9. The maximum atomic E-state index is 14.8. The zero-order valence-corrected chi connectivity index (χ0v) is 21.7. The van der Waals surface area contributed by atoms with Crippen LogP contribution in [0.1, 0.15) is 15.9 Å². The van der Waals surface area contributed by atoms with E-state index in [9.17, 15) is 30.4 Å². The quantitative estimate of drug-likeness (QED) is 0.264. The van der Waals surface area contributed by atoms with Crippen LogP contribution in [0.15, 0.2) is 36.4 Å². The average molecular weight is 566 g/mol. The molecule has 0 aliphatic carbocycles. The topological polar surface area (TPSA) is 133 Å². The highest BCUT2D eigenvalue weighted by Crippen LogP contribution is 2.27. The molecule has 3 N–H and O–H groups in total. The number of nitrogens with two attached hydrogens (primary N) is 1. The second kappa shape index (κ2) is 11.4. The van der Waals surface area contributed by atoms with Crippen LogP contribution >= 0.6 is 11.6 Å². The highest BCUT2D eigenvalue weighted by molar-refractivity contribution is 7.92. The number of piperazine rings is 1. The lowest BCUT2D eigenvalue weighted by molar-refractivity contribution is 0.0953. The van der Waals surface area contributed by atoms with Gasteiger partial charge in [-0.3, -0.25) is 19.4 Å². The Hall–Kier alpha value is -2.36. The fourth-order valence-corrected chi connectivity index (χ4v) is 6.17. The van der Waals surface area contributed by atoms with Crippen molar-refractivity contribution in [1.29, 1.82) is 0 Å². The number of hydrogen-bond donors (Lipinski definition) is 2. The number of carbonyl (C=O) groups is 1. The molecule has 2 aromatic carbocycles. The van der Waals surface area contributed by atoms with Gasteiger partial charge in [-0.05, 0) is 30.3 Å². The van der Waals surface area contributed by atoms with Crippen molar-refractivity contribution in [3.8, 4) is 0 Å². The van der Waals surface area contributed by atoms with Crippen LogP contribution in [0.3, 0.4) is 0 Å². The molecule has 0 aromatic heterocycles. The summed E-state index contributed by atoms with van der Waals surface area (Å²) < 4.78 is 80.9. The van der Waals surface area contributed by atoms with E-state index in [0.717, 1.165) is 28.8 Å². The molecule has 10 nitrogen and oxygen atoms in total. The van der Waals surface area contributed by atoms with Crippen LogP contribution < -0.4 is 15.6 Å². The second-order valence-electron chi connectivity index (χ2n) is 8.20. The molecule has 0 spiro atoms. The van der Waals surface area contributed by atoms with E-state index >= 15 is 0 Å². The Morgan fingerprint density at radius 1 is 1.06 bits per heavy atom. The van der Waals surface area contributed by atoms with E-state index in [2.05, 4.69) is 0 Å². The minimum Gasteiger partial charge on any atom is -0.300 e. The van der Waals surface area contributed by atoms with Crippen LogP contribution in [0.4, 0.5) is 14.5 Å². The highest BCUT2D eigenvalue weighted by Gasteiger charge is 2.28. The SMILES string of the molecule is CS(=O)(=O)N1CCN(CCS(=O)(=O)N(Cc2ccc(C(=O)NN)cc2F)c2ccc(F)c(Cl)c2)CC1. The first-order valence-corrected chi connectivity index (χ1v) is 14.6. The summed E-state index contributed by atoms with van der Waals surface area (Å²) in [6.07, 6.45) is 1.12. The normalized spacial score (nSPS) is 15.6. The van der Waals surface area contributed by atoms with E-state index in [-0.39, 0.29) is 47.2 Å². The van der Waals surface area contributed by atoms with Gasteiger partial charge in [0.1, 0.15) is 11.6 Å². The van der Waals surface area contributed by atoms with E-state index in [1.807, 2.05) is 10.3 Å². The predicted octanol–water partition coefficient (Wildman–Crippen LogP) is 1.14. The minimum absolute atomic E-state index is 0.0330. The molecule has 0 radical (unpaired) electrons. The molecule has 0 bridgehead atoms. The maximum Gasteiger partial charge on any atom is 0.265 e. The van der Waals surface area contributed by atoms with Gasteiger partial charge in [0.15, 0.2) is 0 Å². The number of hydrazine groups is 1. The third kappa shape index (κ3) is 6.89. The molecule has 198 valence electrons. The lowest BCUT2D eigenvalue weighted by Crippen LogP contribution is -2.49. The van der Waals surface area contributed by atoms with Crippen molar-refractivity contribution < 1.29 is 30.4 Å². The molecule has 36 heavy (non-hydrogen) atoms. The van der Waals surface area contributed by atoms with Crippen LogP contribution in [0, 0.1) is 11.6 Å². The van der Waals surface area contributed by atoms with Gasteiger partial charge < -0.3 is 0 Å². The predicted molar refractivity (Wildman–Crippen MR) is 132 cm³/mol. The van der Waals surface area contributed by atoms with Crippen molar-refractivity contribution in [2.45, 2.75) is 6.54 Å². The summed E-state index contributed by atoms with van der Waals surface area (Å²) in [5.74, 6) is 2.41. The van der Waals surface area contributed by atoms with Gasteiger partial charge in [-0.15, -0.1) is 0 Å². The summed E-state index contributed by atoms with van der Waals surface area (Å²) in [6.45, 7) is 0.842. The van der Waals surface area contributed by atoms with Crippen molar-refractivity contribution in [2.24, 2.45) is 5.84 Å². The Balaban J connectivity index is 1.83. The molecule has 1 amide bonds. The van der Waals surface area contributed by atoms with Crippen LogP contribution in [0.5, 0.6) is 0 Å². The summed E-state index contributed by atoms with van der Waals surface area (Å²) in [6, 6.07) is 6.85. The lowest BCUT2D eigenvalue weighted by atomic mass is 10.1. The van der Waals surface area contributed by atoms with Gasteiger partial charge in [0.25, 0.3) is 5.91 Å². The number of sulfonamides is 2. The van der Waals surface area contributed by atoms with Gasteiger partial charge in [0, 0.05) is 43.9 Å². The van der Waals surface area contributed by atoms with Crippen molar-refractivity contribution in [2.75, 3.05) is 49.0 Å². The summed E-state index contributed by atoms with van der Waals surface area (Å²) >= 11 is 5.87.